The summed E-state index contributed by atoms with van der Waals surface area (Å²) in [5.74, 6) is 0.110. The molecule has 2 aliphatic heterocycles. The van der Waals surface area contributed by atoms with Crippen LogP contribution in [0.3, 0.4) is 0 Å². The van der Waals surface area contributed by atoms with Crippen molar-refractivity contribution in [2.45, 2.75) is 38.8 Å². The minimum atomic E-state index is 0.00371. The van der Waals surface area contributed by atoms with Crippen LogP contribution in [0.1, 0.15) is 40.6 Å². The number of aromatic nitrogens is 1. The molecule has 1 N–H and O–H groups in total. The van der Waals surface area contributed by atoms with Gasteiger partial charge in [0.2, 0.25) is 0 Å². The highest BCUT2D eigenvalue weighted by Gasteiger charge is 2.38. The van der Waals surface area contributed by atoms with E-state index in [9.17, 15) is 9.59 Å². The zero-order valence-electron chi connectivity index (χ0n) is 13.1. The van der Waals surface area contributed by atoms with E-state index in [0.29, 0.717) is 32.2 Å². The van der Waals surface area contributed by atoms with Crippen LogP contribution in [0, 0.1) is 13.8 Å². The molecule has 3 fully saturated rings. The molecule has 1 aromatic rings. The first-order chi connectivity index (χ1) is 10.6. The fraction of sp³-hybridized carbons (Fsp3) is 0.625. The monoisotopic (exact) mass is 302 g/mol. The minimum absolute atomic E-state index is 0.00371. The summed E-state index contributed by atoms with van der Waals surface area (Å²) in [6, 6.07) is 2.75. The largest absolute Gasteiger partial charge is 0.345 e. The third-order valence-electron chi connectivity index (χ3n) is 5.15. The van der Waals surface area contributed by atoms with E-state index in [1.165, 1.54) is 18.5 Å². The number of amides is 3. The maximum atomic E-state index is 12.9. The van der Waals surface area contributed by atoms with E-state index in [4.69, 9.17) is 0 Å². The summed E-state index contributed by atoms with van der Waals surface area (Å²) < 4.78 is 2.31. The molecule has 0 bridgehead atoms. The third kappa shape index (κ3) is 2.01. The molecule has 0 radical (unpaired) electrons. The van der Waals surface area contributed by atoms with E-state index in [2.05, 4.69) is 23.7 Å². The van der Waals surface area contributed by atoms with Gasteiger partial charge in [-0.3, -0.25) is 4.79 Å². The Morgan fingerprint density at radius 2 is 2.00 bits per heavy atom. The van der Waals surface area contributed by atoms with Crippen LogP contribution in [0.25, 0.3) is 0 Å². The second-order valence-corrected chi connectivity index (χ2v) is 6.67. The van der Waals surface area contributed by atoms with Crippen molar-refractivity contribution in [2.24, 2.45) is 0 Å². The van der Waals surface area contributed by atoms with Crippen molar-refractivity contribution < 1.29 is 9.59 Å². The van der Waals surface area contributed by atoms with Gasteiger partial charge in [-0.1, -0.05) is 0 Å². The average molecular weight is 302 g/mol. The molecule has 1 unspecified atom stereocenters. The zero-order chi connectivity index (χ0) is 15.4. The number of hydrogen-bond donors (Lipinski definition) is 1. The molecule has 1 saturated carbocycles. The van der Waals surface area contributed by atoms with E-state index in [1.54, 1.807) is 0 Å². The Morgan fingerprint density at radius 3 is 2.73 bits per heavy atom. The molecule has 118 valence electrons. The fourth-order valence-corrected chi connectivity index (χ4v) is 3.85. The lowest BCUT2D eigenvalue weighted by atomic mass is 10.1. The standard InChI is InChI=1S/C16H22N4O2/c1-10-7-14(11(2)20(10)12-3-4-12)15(21)18-5-6-19-13(9-18)8-17-16(19)22/h7,12-13H,3-6,8-9H2,1-2H3,(H,17,22). The van der Waals surface area contributed by atoms with Gasteiger partial charge in [-0.25, -0.2) is 4.79 Å². The Kier molecular flexibility index (Phi) is 2.96. The van der Waals surface area contributed by atoms with E-state index in [1.807, 2.05) is 15.9 Å². The van der Waals surface area contributed by atoms with Crippen LogP contribution >= 0.6 is 0 Å². The molecule has 3 heterocycles. The summed E-state index contributed by atoms with van der Waals surface area (Å²) in [6.45, 7) is 6.66. The minimum Gasteiger partial charge on any atom is -0.345 e. The molecular weight excluding hydrogens is 280 g/mol. The molecule has 0 aromatic carbocycles. The van der Waals surface area contributed by atoms with E-state index < -0.39 is 0 Å². The van der Waals surface area contributed by atoms with E-state index in [-0.39, 0.29) is 18.0 Å². The molecule has 22 heavy (non-hydrogen) atoms. The maximum absolute atomic E-state index is 12.9. The summed E-state index contributed by atoms with van der Waals surface area (Å²) in [6.07, 6.45) is 2.44. The van der Waals surface area contributed by atoms with E-state index in [0.717, 1.165) is 11.3 Å². The summed E-state index contributed by atoms with van der Waals surface area (Å²) in [7, 11) is 0. The van der Waals surface area contributed by atoms with Crippen LogP contribution in [0.15, 0.2) is 6.07 Å². The first kappa shape index (κ1) is 13.7. The number of piperazine rings is 1. The van der Waals surface area contributed by atoms with Gasteiger partial charge >= 0.3 is 6.03 Å². The normalized spacial score (nSPS) is 24.5. The number of rotatable bonds is 2. The van der Waals surface area contributed by atoms with Crippen molar-refractivity contribution >= 4 is 11.9 Å². The highest BCUT2D eigenvalue weighted by atomic mass is 16.2. The van der Waals surface area contributed by atoms with E-state index >= 15 is 0 Å². The number of nitrogens with zero attached hydrogens (tertiary/aromatic N) is 3. The smallest absolute Gasteiger partial charge is 0.317 e. The summed E-state index contributed by atoms with van der Waals surface area (Å²) >= 11 is 0. The highest BCUT2D eigenvalue weighted by molar-refractivity contribution is 5.96. The van der Waals surface area contributed by atoms with Crippen LogP contribution in [0.4, 0.5) is 4.79 Å². The second-order valence-electron chi connectivity index (χ2n) is 6.67. The number of carbonyl (C=O) groups is 2. The lowest BCUT2D eigenvalue weighted by Crippen LogP contribution is -2.53. The van der Waals surface area contributed by atoms with Crippen LogP contribution in [0.2, 0.25) is 0 Å². The number of carbonyl (C=O) groups excluding carboxylic acids is 2. The number of urea groups is 1. The lowest BCUT2D eigenvalue weighted by Gasteiger charge is -2.36. The maximum Gasteiger partial charge on any atom is 0.317 e. The average Bonchev–Trinajstić information content (AvgIpc) is 3.21. The number of hydrogen-bond acceptors (Lipinski definition) is 2. The molecule has 1 aliphatic carbocycles. The first-order valence-electron chi connectivity index (χ1n) is 8.08. The van der Waals surface area contributed by atoms with Crippen molar-refractivity contribution in [2.75, 3.05) is 26.2 Å². The van der Waals surface area contributed by atoms with Gasteiger partial charge in [0.05, 0.1) is 11.6 Å². The van der Waals surface area contributed by atoms with Gasteiger partial charge in [-0.15, -0.1) is 0 Å². The Balaban J connectivity index is 1.55. The van der Waals surface area contributed by atoms with Crippen molar-refractivity contribution in [3.8, 4) is 0 Å². The summed E-state index contributed by atoms with van der Waals surface area (Å²) in [4.78, 5) is 28.3. The number of fused-ring (bicyclic) bond motifs is 1. The predicted molar refractivity (Wildman–Crippen MR) is 82.0 cm³/mol. The molecule has 3 amide bonds. The molecule has 6 heteroatoms. The van der Waals surface area contributed by atoms with Gasteiger partial charge < -0.3 is 19.7 Å². The van der Waals surface area contributed by atoms with Crippen molar-refractivity contribution in [1.82, 2.24) is 19.7 Å². The SMILES string of the molecule is Cc1cc(C(=O)N2CCN3C(=O)NCC3C2)c(C)n1C1CC1. The molecule has 1 atom stereocenters. The molecule has 1 aromatic heterocycles. The van der Waals surface area contributed by atoms with Crippen LogP contribution in [-0.2, 0) is 0 Å². The number of nitrogens with one attached hydrogen (secondary N) is 1. The van der Waals surface area contributed by atoms with Gasteiger partial charge in [0.15, 0.2) is 0 Å². The van der Waals surface area contributed by atoms with Crippen molar-refractivity contribution in [1.29, 1.82) is 0 Å². The lowest BCUT2D eigenvalue weighted by molar-refractivity contribution is 0.0616. The van der Waals surface area contributed by atoms with Gasteiger partial charge in [-0.05, 0) is 32.8 Å². The van der Waals surface area contributed by atoms with Crippen molar-refractivity contribution in [3.63, 3.8) is 0 Å². The quantitative estimate of drug-likeness (QED) is 0.895. The van der Waals surface area contributed by atoms with Crippen LogP contribution in [0.5, 0.6) is 0 Å². The molecule has 2 saturated heterocycles. The predicted octanol–water partition coefficient (Wildman–Crippen LogP) is 1.29. The first-order valence-corrected chi connectivity index (χ1v) is 8.08. The van der Waals surface area contributed by atoms with Gasteiger partial charge in [0.1, 0.15) is 0 Å². The van der Waals surface area contributed by atoms with Crippen molar-refractivity contribution in [3.05, 3.63) is 23.0 Å². The fourth-order valence-electron chi connectivity index (χ4n) is 3.85. The Morgan fingerprint density at radius 1 is 1.23 bits per heavy atom. The third-order valence-corrected chi connectivity index (χ3v) is 5.15. The number of aryl methyl sites for hydroxylation is 1. The summed E-state index contributed by atoms with van der Waals surface area (Å²) in [5.41, 5.74) is 3.10. The zero-order valence-corrected chi connectivity index (χ0v) is 13.1. The Bertz CT molecular complexity index is 647. The molecule has 0 spiro atoms. The highest BCUT2D eigenvalue weighted by Crippen LogP contribution is 2.38. The second kappa shape index (κ2) is 4.76. The van der Waals surface area contributed by atoms with Gasteiger partial charge in [0.25, 0.3) is 5.91 Å². The molecule has 6 nitrogen and oxygen atoms in total. The Labute approximate surface area is 130 Å². The van der Waals surface area contributed by atoms with Crippen LogP contribution in [-0.4, -0.2) is 58.5 Å². The van der Waals surface area contributed by atoms with Gasteiger partial charge in [0, 0.05) is 43.6 Å². The Hall–Kier alpha value is -1.98. The van der Waals surface area contributed by atoms with Gasteiger partial charge in [-0.2, -0.15) is 0 Å². The van der Waals surface area contributed by atoms with Crippen LogP contribution < -0.4 is 5.32 Å². The summed E-state index contributed by atoms with van der Waals surface area (Å²) in [5, 5.41) is 2.85. The molecule has 4 rings (SSSR count). The molecule has 3 aliphatic rings. The topological polar surface area (TPSA) is 57.6 Å². The molecular formula is C16H22N4O2.